The van der Waals surface area contributed by atoms with Gasteiger partial charge in [0.2, 0.25) is 21.8 Å². The van der Waals surface area contributed by atoms with Crippen LogP contribution in [-0.2, 0) is 26.2 Å². The minimum absolute atomic E-state index is 0.0548. The van der Waals surface area contributed by atoms with Crippen molar-refractivity contribution < 1.29 is 22.4 Å². The van der Waals surface area contributed by atoms with Crippen LogP contribution < -0.4 is 9.62 Å². The van der Waals surface area contributed by atoms with Crippen molar-refractivity contribution in [3.05, 3.63) is 64.9 Å². The summed E-state index contributed by atoms with van der Waals surface area (Å²) in [6.07, 6.45) is 1.29. The van der Waals surface area contributed by atoms with Gasteiger partial charge in [0.15, 0.2) is 0 Å². The first-order chi connectivity index (χ1) is 15.9. The van der Waals surface area contributed by atoms with Crippen LogP contribution in [0.15, 0.2) is 48.5 Å². The molecular formula is C24H31ClFN3O4S. The van der Waals surface area contributed by atoms with E-state index in [4.69, 9.17) is 11.6 Å². The number of nitrogens with one attached hydrogen (secondary N) is 1. The molecule has 0 fully saturated rings. The first-order valence-electron chi connectivity index (χ1n) is 11.0. The van der Waals surface area contributed by atoms with E-state index < -0.39 is 34.3 Å². The van der Waals surface area contributed by atoms with Crippen LogP contribution in [0.1, 0.15) is 32.8 Å². The number of hydrogen-bond acceptors (Lipinski definition) is 4. The average Bonchev–Trinajstić information content (AvgIpc) is 2.77. The number of carbonyl (C=O) groups is 2. The molecule has 0 heterocycles. The SMILES string of the molecule is CC[C@H](C(=O)NCC(C)C)N(Cc1ccccc1)C(=O)CN(c1ccc(F)c(Cl)c1)S(C)(=O)=O. The summed E-state index contributed by atoms with van der Waals surface area (Å²) in [5, 5.41) is 2.59. The maximum absolute atomic E-state index is 13.6. The zero-order chi connectivity index (χ0) is 25.5. The molecule has 0 unspecified atom stereocenters. The summed E-state index contributed by atoms with van der Waals surface area (Å²) < 4.78 is 39.6. The van der Waals surface area contributed by atoms with E-state index in [1.54, 1.807) is 6.92 Å². The Balaban J connectivity index is 2.41. The molecule has 0 aliphatic heterocycles. The molecule has 0 aliphatic carbocycles. The number of hydrogen-bond donors (Lipinski definition) is 1. The molecule has 0 bridgehead atoms. The predicted octanol–water partition coefficient (Wildman–Crippen LogP) is 3.82. The van der Waals surface area contributed by atoms with Crippen molar-refractivity contribution in [1.29, 1.82) is 0 Å². The second-order valence-corrected chi connectivity index (χ2v) is 10.8. The lowest BCUT2D eigenvalue weighted by Gasteiger charge is -2.33. The van der Waals surface area contributed by atoms with E-state index >= 15 is 0 Å². The molecule has 2 aromatic carbocycles. The average molecular weight is 512 g/mol. The minimum atomic E-state index is -3.92. The summed E-state index contributed by atoms with van der Waals surface area (Å²) in [4.78, 5) is 27.8. The van der Waals surface area contributed by atoms with Gasteiger partial charge in [-0.1, -0.05) is 62.7 Å². The van der Waals surface area contributed by atoms with E-state index in [-0.39, 0.29) is 29.1 Å². The first-order valence-corrected chi connectivity index (χ1v) is 13.2. The molecule has 0 radical (unpaired) electrons. The maximum Gasteiger partial charge on any atom is 0.244 e. The number of carbonyl (C=O) groups excluding carboxylic acids is 2. The number of anilines is 1. The minimum Gasteiger partial charge on any atom is -0.354 e. The molecule has 7 nitrogen and oxygen atoms in total. The summed E-state index contributed by atoms with van der Waals surface area (Å²) >= 11 is 5.84. The van der Waals surface area contributed by atoms with Crippen LogP contribution in [0, 0.1) is 11.7 Å². The zero-order valence-electron chi connectivity index (χ0n) is 19.8. The standard InChI is InChI=1S/C24H31ClFN3O4S/c1-5-22(24(31)27-14-17(2)3)28(15-18-9-7-6-8-10-18)23(30)16-29(34(4,32)33)19-11-12-21(26)20(25)13-19/h6-13,17,22H,5,14-16H2,1-4H3,(H,27,31)/t22-/m1/s1. The number of halogens is 2. The molecule has 186 valence electrons. The number of rotatable bonds is 11. The van der Waals surface area contributed by atoms with Gasteiger partial charge in [0, 0.05) is 13.1 Å². The molecule has 0 saturated heterocycles. The molecular weight excluding hydrogens is 481 g/mol. The van der Waals surface area contributed by atoms with E-state index in [0.29, 0.717) is 13.0 Å². The zero-order valence-corrected chi connectivity index (χ0v) is 21.4. The van der Waals surface area contributed by atoms with Crippen molar-refractivity contribution in [3.63, 3.8) is 0 Å². The summed E-state index contributed by atoms with van der Waals surface area (Å²) in [6.45, 7) is 5.72. The highest BCUT2D eigenvalue weighted by Gasteiger charge is 2.31. The predicted molar refractivity (Wildman–Crippen MR) is 133 cm³/mol. The Morgan fingerprint density at radius 2 is 1.76 bits per heavy atom. The fourth-order valence-electron chi connectivity index (χ4n) is 3.38. The Kier molecular flexibility index (Phi) is 9.88. The van der Waals surface area contributed by atoms with Crippen molar-refractivity contribution >= 4 is 39.1 Å². The highest BCUT2D eigenvalue weighted by atomic mass is 35.5. The monoisotopic (exact) mass is 511 g/mol. The van der Waals surface area contributed by atoms with Crippen LogP contribution in [0.4, 0.5) is 10.1 Å². The first kappa shape index (κ1) is 27.6. The molecule has 2 rings (SSSR count). The van der Waals surface area contributed by atoms with Gasteiger partial charge >= 0.3 is 0 Å². The van der Waals surface area contributed by atoms with Crippen LogP contribution in [0.5, 0.6) is 0 Å². The van der Waals surface area contributed by atoms with Gasteiger partial charge in [0.1, 0.15) is 18.4 Å². The number of nitrogens with zero attached hydrogens (tertiary/aromatic N) is 2. The highest BCUT2D eigenvalue weighted by Crippen LogP contribution is 2.25. The van der Waals surface area contributed by atoms with Gasteiger partial charge in [-0.25, -0.2) is 12.8 Å². The summed E-state index contributed by atoms with van der Waals surface area (Å²) in [6, 6.07) is 11.8. The number of benzene rings is 2. The van der Waals surface area contributed by atoms with Crippen LogP contribution in [0.3, 0.4) is 0 Å². The molecule has 34 heavy (non-hydrogen) atoms. The lowest BCUT2D eigenvalue weighted by atomic mass is 10.1. The summed E-state index contributed by atoms with van der Waals surface area (Å²) in [5.41, 5.74) is 0.848. The molecule has 1 atom stereocenters. The van der Waals surface area contributed by atoms with Crippen molar-refractivity contribution in [2.45, 2.75) is 39.8 Å². The molecule has 2 amide bonds. The van der Waals surface area contributed by atoms with Gasteiger partial charge < -0.3 is 10.2 Å². The maximum atomic E-state index is 13.6. The largest absolute Gasteiger partial charge is 0.354 e. The molecule has 10 heteroatoms. The Labute approximate surface area is 205 Å². The van der Waals surface area contributed by atoms with Crippen LogP contribution in [-0.4, -0.2) is 50.5 Å². The van der Waals surface area contributed by atoms with Crippen molar-refractivity contribution in [2.75, 3.05) is 23.7 Å². The Morgan fingerprint density at radius 1 is 1.12 bits per heavy atom. The third kappa shape index (κ3) is 7.70. The van der Waals surface area contributed by atoms with E-state index in [1.807, 2.05) is 44.2 Å². The molecule has 0 aliphatic rings. The van der Waals surface area contributed by atoms with Crippen LogP contribution in [0.2, 0.25) is 5.02 Å². The summed E-state index contributed by atoms with van der Waals surface area (Å²) in [7, 11) is -3.92. The van der Waals surface area contributed by atoms with E-state index in [0.717, 1.165) is 28.3 Å². The second-order valence-electron chi connectivity index (χ2n) is 8.44. The van der Waals surface area contributed by atoms with Gasteiger partial charge in [0.05, 0.1) is 17.0 Å². The Bertz CT molecular complexity index is 1100. The van der Waals surface area contributed by atoms with Gasteiger partial charge in [-0.05, 0) is 36.1 Å². The smallest absolute Gasteiger partial charge is 0.244 e. The molecule has 0 aromatic heterocycles. The molecule has 1 N–H and O–H groups in total. The third-order valence-electron chi connectivity index (χ3n) is 5.14. The van der Waals surface area contributed by atoms with Crippen molar-refractivity contribution in [3.8, 4) is 0 Å². The fourth-order valence-corrected chi connectivity index (χ4v) is 4.39. The fraction of sp³-hybridized carbons (Fsp3) is 0.417. The van der Waals surface area contributed by atoms with E-state index in [9.17, 15) is 22.4 Å². The Hall–Kier alpha value is -2.65. The van der Waals surface area contributed by atoms with Gasteiger partial charge in [-0.3, -0.25) is 13.9 Å². The molecule has 0 saturated carbocycles. The van der Waals surface area contributed by atoms with Crippen molar-refractivity contribution in [1.82, 2.24) is 10.2 Å². The van der Waals surface area contributed by atoms with Gasteiger partial charge in [0.25, 0.3) is 0 Å². The van der Waals surface area contributed by atoms with Crippen LogP contribution in [0.25, 0.3) is 0 Å². The van der Waals surface area contributed by atoms with Gasteiger partial charge in [-0.15, -0.1) is 0 Å². The lowest BCUT2D eigenvalue weighted by molar-refractivity contribution is -0.140. The van der Waals surface area contributed by atoms with E-state index in [2.05, 4.69) is 5.32 Å². The van der Waals surface area contributed by atoms with E-state index in [1.165, 1.54) is 11.0 Å². The number of sulfonamides is 1. The quantitative estimate of drug-likeness (QED) is 0.497. The molecule has 2 aromatic rings. The summed E-state index contributed by atoms with van der Waals surface area (Å²) in [5.74, 6) is -1.36. The van der Waals surface area contributed by atoms with Crippen molar-refractivity contribution in [2.24, 2.45) is 5.92 Å². The van der Waals surface area contributed by atoms with Crippen LogP contribution >= 0.6 is 11.6 Å². The lowest BCUT2D eigenvalue weighted by Crippen LogP contribution is -2.52. The Morgan fingerprint density at radius 3 is 2.29 bits per heavy atom. The highest BCUT2D eigenvalue weighted by molar-refractivity contribution is 7.92. The third-order valence-corrected chi connectivity index (χ3v) is 6.57. The van der Waals surface area contributed by atoms with Gasteiger partial charge in [-0.2, -0.15) is 0 Å². The topological polar surface area (TPSA) is 86.8 Å². The second kappa shape index (κ2) is 12.2. The molecule has 0 spiro atoms. The normalized spacial score (nSPS) is 12.3. The number of amides is 2.